The first-order chi connectivity index (χ1) is 17.2. The van der Waals surface area contributed by atoms with Crippen LogP contribution in [0.2, 0.25) is 5.02 Å². The molecule has 0 radical (unpaired) electrons. The van der Waals surface area contributed by atoms with Crippen molar-refractivity contribution in [3.8, 4) is 27.8 Å². The number of nitrogens with zero attached hydrogens (tertiary/aromatic N) is 4. The fourth-order valence-corrected chi connectivity index (χ4v) is 5.35. The van der Waals surface area contributed by atoms with Gasteiger partial charge in [0.05, 0.1) is 15.6 Å². The van der Waals surface area contributed by atoms with Crippen LogP contribution < -0.4 is 9.47 Å². The van der Waals surface area contributed by atoms with Crippen LogP contribution in [0.5, 0.6) is 11.5 Å². The minimum absolute atomic E-state index is 0.0389. The van der Waals surface area contributed by atoms with Crippen LogP contribution in [0.25, 0.3) is 16.3 Å². The van der Waals surface area contributed by atoms with Gasteiger partial charge in [0.2, 0.25) is 6.79 Å². The number of carbonyl (C=O) groups is 1. The Balaban J connectivity index is 1.20. The molecule has 0 atom stereocenters. The van der Waals surface area contributed by atoms with Crippen molar-refractivity contribution in [1.82, 2.24) is 19.6 Å². The SMILES string of the molecule is O=C(c1cc(-c2cccs2)nn1-c1ccccc1Cl)N1CCN(Cc2ccc3c(c2)OCO3)CC1. The summed E-state index contributed by atoms with van der Waals surface area (Å²) >= 11 is 8.08. The summed E-state index contributed by atoms with van der Waals surface area (Å²) in [5.41, 5.74) is 3.16. The lowest BCUT2D eigenvalue weighted by Crippen LogP contribution is -2.48. The molecule has 1 saturated heterocycles. The molecule has 0 bridgehead atoms. The molecule has 1 fully saturated rings. The number of amides is 1. The van der Waals surface area contributed by atoms with Crippen molar-refractivity contribution < 1.29 is 14.3 Å². The lowest BCUT2D eigenvalue weighted by Gasteiger charge is -2.34. The number of hydrogen-bond donors (Lipinski definition) is 0. The van der Waals surface area contributed by atoms with Gasteiger partial charge in [-0.15, -0.1) is 11.3 Å². The third-order valence-corrected chi connectivity index (χ3v) is 7.50. The van der Waals surface area contributed by atoms with Gasteiger partial charge < -0.3 is 14.4 Å². The van der Waals surface area contributed by atoms with E-state index in [0.29, 0.717) is 29.5 Å². The number of fused-ring (bicyclic) bond motifs is 1. The zero-order valence-corrected chi connectivity index (χ0v) is 20.5. The maximum atomic E-state index is 13.7. The van der Waals surface area contributed by atoms with Gasteiger partial charge in [-0.1, -0.05) is 35.9 Å². The highest BCUT2D eigenvalue weighted by Crippen LogP contribution is 2.33. The second-order valence-electron chi connectivity index (χ2n) is 8.51. The second-order valence-corrected chi connectivity index (χ2v) is 9.87. The largest absolute Gasteiger partial charge is 0.454 e. The number of carbonyl (C=O) groups excluding carboxylic acids is 1. The van der Waals surface area contributed by atoms with Crippen molar-refractivity contribution in [2.45, 2.75) is 6.54 Å². The Hall–Kier alpha value is -3.33. The molecule has 0 N–H and O–H groups in total. The normalized spacial score (nSPS) is 15.5. The molecule has 178 valence electrons. The number of rotatable bonds is 5. The Bertz CT molecular complexity index is 1360. The van der Waals surface area contributed by atoms with Gasteiger partial charge in [0.25, 0.3) is 5.91 Å². The highest BCUT2D eigenvalue weighted by molar-refractivity contribution is 7.13. The van der Waals surface area contributed by atoms with Gasteiger partial charge in [0.15, 0.2) is 11.5 Å². The molecule has 4 aromatic rings. The average Bonchev–Trinajstić information content (AvgIpc) is 3.65. The Morgan fingerprint density at radius 1 is 0.971 bits per heavy atom. The first-order valence-corrected chi connectivity index (χ1v) is 12.7. The summed E-state index contributed by atoms with van der Waals surface area (Å²) in [6.07, 6.45) is 0. The molecule has 6 rings (SSSR count). The zero-order valence-electron chi connectivity index (χ0n) is 18.9. The number of hydrogen-bond acceptors (Lipinski definition) is 6. The van der Waals surface area contributed by atoms with Crippen LogP contribution in [-0.2, 0) is 6.54 Å². The van der Waals surface area contributed by atoms with Crippen LogP contribution in [0.3, 0.4) is 0 Å². The molecule has 35 heavy (non-hydrogen) atoms. The molecule has 4 heterocycles. The summed E-state index contributed by atoms with van der Waals surface area (Å²) in [7, 11) is 0. The van der Waals surface area contributed by atoms with Gasteiger partial charge >= 0.3 is 0 Å². The van der Waals surface area contributed by atoms with Crippen LogP contribution >= 0.6 is 22.9 Å². The first kappa shape index (κ1) is 22.2. The third-order valence-electron chi connectivity index (χ3n) is 6.29. The number of thiophene rings is 1. The first-order valence-electron chi connectivity index (χ1n) is 11.4. The van der Waals surface area contributed by atoms with Crippen LogP contribution in [-0.4, -0.2) is 58.5 Å². The summed E-state index contributed by atoms with van der Waals surface area (Å²) in [4.78, 5) is 18.9. The van der Waals surface area contributed by atoms with E-state index in [1.54, 1.807) is 16.0 Å². The second kappa shape index (κ2) is 9.37. The Kier molecular flexibility index (Phi) is 5.93. The van der Waals surface area contributed by atoms with Crippen molar-refractivity contribution in [2.75, 3.05) is 33.0 Å². The predicted molar refractivity (Wildman–Crippen MR) is 136 cm³/mol. The number of ether oxygens (including phenoxy) is 2. The number of aromatic nitrogens is 2. The van der Waals surface area contributed by atoms with Crippen LogP contribution in [0, 0.1) is 0 Å². The minimum atomic E-state index is -0.0389. The van der Waals surface area contributed by atoms with E-state index >= 15 is 0 Å². The van der Waals surface area contributed by atoms with Crippen molar-refractivity contribution in [2.24, 2.45) is 0 Å². The van der Waals surface area contributed by atoms with E-state index in [1.165, 1.54) is 5.56 Å². The number of para-hydroxylation sites is 1. The molecule has 0 spiro atoms. The van der Waals surface area contributed by atoms with Gasteiger partial charge in [-0.3, -0.25) is 9.69 Å². The third kappa shape index (κ3) is 4.40. The molecule has 9 heteroatoms. The van der Waals surface area contributed by atoms with Gasteiger partial charge in [0.1, 0.15) is 11.4 Å². The van der Waals surface area contributed by atoms with E-state index in [0.717, 1.165) is 41.7 Å². The lowest BCUT2D eigenvalue weighted by molar-refractivity contribution is 0.0619. The fraction of sp³-hybridized carbons (Fsp3) is 0.231. The number of benzene rings is 2. The van der Waals surface area contributed by atoms with E-state index in [2.05, 4.69) is 11.0 Å². The topological polar surface area (TPSA) is 59.8 Å². The van der Waals surface area contributed by atoms with Gasteiger partial charge in [-0.25, -0.2) is 4.68 Å². The summed E-state index contributed by atoms with van der Waals surface area (Å²) in [6.45, 7) is 3.95. The molecule has 2 aromatic carbocycles. The summed E-state index contributed by atoms with van der Waals surface area (Å²) < 4.78 is 12.6. The van der Waals surface area contributed by atoms with E-state index in [1.807, 2.05) is 64.9 Å². The fourth-order valence-electron chi connectivity index (χ4n) is 4.45. The maximum Gasteiger partial charge on any atom is 0.272 e. The Labute approximate surface area is 212 Å². The quantitative estimate of drug-likeness (QED) is 0.383. The minimum Gasteiger partial charge on any atom is -0.454 e. The molecule has 2 aliphatic heterocycles. The Morgan fingerprint density at radius 3 is 2.60 bits per heavy atom. The van der Waals surface area contributed by atoms with Gasteiger partial charge in [-0.05, 0) is 47.3 Å². The molecule has 2 aliphatic rings. The van der Waals surface area contributed by atoms with E-state index in [9.17, 15) is 4.79 Å². The highest BCUT2D eigenvalue weighted by atomic mass is 35.5. The summed E-state index contributed by atoms with van der Waals surface area (Å²) in [5, 5.41) is 7.32. The maximum absolute atomic E-state index is 13.7. The van der Waals surface area contributed by atoms with Crippen LogP contribution in [0.15, 0.2) is 66.0 Å². The molecule has 0 saturated carbocycles. The molecule has 1 amide bonds. The molecular formula is C26H23ClN4O3S. The smallest absolute Gasteiger partial charge is 0.272 e. The van der Waals surface area contributed by atoms with Crippen molar-refractivity contribution >= 4 is 28.8 Å². The van der Waals surface area contributed by atoms with Crippen LogP contribution in [0.4, 0.5) is 0 Å². The predicted octanol–water partition coefficient (Wildman–Crippen LogP) is 4.94. The molecule has 2 aromatic heterocycles. The van der Waals surface area contributed by atoms with Crippen LogP contribution in [0.1, 0.15) is 16.1 Å². The Morgan fingerprint density at radius 2 is 1.80 bits per heavy atom. The highest BCUT2D eigenvalue weighted by Gasteiger charge is 2.27. The monoisotopic (exact) mass is 506 g/mol. The standard InChI is InChI=1S/C26H23ClN4O3S/c27-19-4-1-2-5-21(19)31-22(15-20(28-31)25-6-3-13-35-25)26(32)30-11-9-29(10-12-30)16-18-7-8-23-24(14-18)34-17-33-23/h1-8,13-15H,9-12,16-17H2. The summed E-state index contributed by atoms with van der Waals surface area (Å²) in [6, 6.07) is 19.4. The molecule has 0 aliphatic carbocycles. The molecule has 0 unspecified atom stereocenters. The number of piperazine rings is 1. The van der Waals surface area contributed by atoms with Crippen molar-refractivity contribution in [3.63, 3.8) is 0 Å². The van der Waals surface area contributed by atoms with Gasteiger partial charge in [0, 0.05) is 32.7 Å². The number of halogens is 1. The van der Waals surface area contributed by atoms with E-state index < -0.39 is 0 Å². The van der Waals surface area contributed by atoms with E-state index in [-0.39, 0.29) is 12.7 Å². The van der Waals surface area contributed by atoms with Crippen molar-refractivity contribution in [1.29, 1.82) is 0 Å². The van der Waals surface area contributed by atoms with Crippen molar-refractivity contribution in [3.05, 3.63) is 82.3 Å². The van der Waals surface area contributed by atoms with E-state index in [4.69, 9.17) is 26.2 Å². The zero-order chi connectivity index (χ0) is 23.8. The average molecular weight is 507 g/mol. The lowest BCUT2D eigenvalue weighted by atomic mass is 10.1. The molecule has 7 nitrogen and oxygen atoms in total. The summed E-state index contributed by atoms with van der Waals surface area (Å²) in [5.74, 6) is 1.55. The van der Waals surface area contributed by atoms with Gasteiger partial charge in [-0.2, -0.15) is 5.10 Å². The molecular weight excluding hydrogens is 484 g/mol.